The van der Waals surface area contributed by atoms with Crippen molar-refractivity contribution < 1.29 is 17.5 Å². The molecule has 1 fully saturated rings. The number of hydrogen-bond donors (Lipinski definition) is 2. The Morgan fingerprint density at radius 1 is 1.10 bits per heavy atom. The molecule has 1 aliphatic carbocycles. The standard InChI is InChI=1S/C31H35ClFN5O3S/c1-5-19-14-20(15-21-18-34-31(36-30(19)21)35-22-10-12-23(13-11-22)38(2)3)24-16-26(33)27(17-28(24)41-4)37-42(39,40)29-9-7-6-8-25(29)32/h6-9,14-18,22-23,37H,5,10-13H2,1-4H3,(H,34,35,36)/t22-,23-. The van der Waals surface area contributed by atoms with Gasteiger partial charge in [-0.25, -0.2) is 22.8 Å². The van der Waals surface area contributed by atoms with Crippen LogP contribution in [0, 0.1) is 5.82 Å². The Balaban J connectivity index is 1.44. The summed E-state index contributed by atoms with van der Waals surface area (Å²) in [5.41, 5.74) is 2.76. The summed E-state index contributed by atoms with van der Waals surface area (Å²) < 4.78 is 49.1. The highest BCUT2D eigenvalue weighted by molar-refractivity contribution is 7.92. The number of aryl methyl sites for hydroxylation is 1. The van der Waals surface area contributed by atoms with Crippen LogP contribution >= 0.6 is 11.6 Å². The summed E-state index contributed by atoms with van der Waals surface area (Å²) in [7, 11) is 1.59. The lowest BCUT2D eigenvalue weighted by atomic mass is 9.90. The van der Waals surface area contributed by atoms with Crippen molar-refractivity contribution in [2.75, 3.05) is 31.2 Å². The van der Waals surface area contributed by atoms with Gasteiger partial charge in [-0.1, -0.05) is 30.7 Å². The maximum Gasteiger partial charge on any atom is 0.263 e. The second-order valence-electron chi connectivity index (χ2n) is 10.8. The van der Waals surface area contributed by atoms with Crippen LogP contribution in [0.5, 0.6) is 5.75 Å². The van der Waals surface area contributed by atoms with Gasteiger partial charge in [-0.3, -0.25) is 4.72 Å². The average molecular weight is 612 g/mol. The summed E-state index contributed by atoms with van der Waals surface area (Å²) in [4.78, 5) is 11.6. The molecule has 3 aromatic carbocycles. The van der Waals surface area contributed by atoms with E-state index in [1.165, 1.54) is 31.4 Å². The number of hydrogen-bond acceptors (Lipinski definition) is 7. The quantitative estimate of drug-likeness (QED) is 0.216. The van der Waals surface area contributed by atoms with Gasteiger partial charge in [-0.05, 0) is 87.7 Å². The topological polar surface area (TPSA) is 96.5 Å². The maximum atomic E-state index is 15.4. The van der Waals surface area contributed by atoms with E-state index in [9.17, 15) is 8.42 Å². The van der Waals surface area contributed by atoms with Gasteiger partial charge < -0.3 is 15.0 Å². The van der Waals surface area contributed by atoms with E-state index >= 15 is 4.39 Å². The van der Waals surface area contributed by atoms with Crippen molar-refractivity contribution >= 4 is 44.2 Å². The van der Waals surface area contributed by atoms with Crippen molar-refractivity contribution in [3.63, 3.8) is 0 Å². The Bertz CT molecular complexity index is 1710. The molecule has 0 atom stereocenters. The lowest BCUT2D eigenvalue weighted by molar-refractivity contribution is 0.221. The molecule has 1 heterocycles. The molecule has 0 saturated heterocycles. The van der Waals surface area contributed by atoms with E-state index in [-0.39, 0.29) is 15.6 Å². The van der Waals surface area contributed by atoms with Gasteiger partial charge in [0.25, 0.3) is 10.0 Å². The van der Waals surface area contributed by atoms with Crippen molar-refractivity contribution in [1.29, 1.82) is 0 Å². The number of halogens is 2. The summed E-state index contributed by atoms with van der Waals surface area (Å²) in [6.45, 7) is 2.04. The molecule has 8 nitrogen and oxygen atoms in total. The zero-order chi connectivity index (χ0) is 30.0. The summed E-state index contributed by atoms with van der Waals surface area (Å²) in [5, 5.41) is 4.37. The molecule has 4 aromatic rings. The third kappa shape index (κ3) is 6.30. The van der Waals surface area contributed by atoms with E-state index in [1.807, 2.05) is 19.1 Å². The normalized spacial score (nSPS) is 17.4. The first-order valence-corrected chi connectivity index (χ1v) is 15.8. The number of ether oxygens (including phenoxy) is 1. The molecule has 0 aliphatic heterocycles. The molecule has 222 valence electrons. The van der Waals surface area contributed by atoms with Crippen molar-refractivity contribution in [2.45, 2.75) is 56.0 Å². The van der Waals surface area contributed by atoms with Gasteiger partial charge in [0.15, 0.2) is 0 Å². The van der Waals surface area contributed by atoms with Gasteiger partial charge in [-0.2, -0.15) is 0 Å². The summed E-state index contributed by atoms with van der Waals surface area (Å²) in [5.74, 6) is 0.165. The average Bonchev–Trinajstić information content (AvgIpc) is 2.97. The predicted octanol–water partition coefficient (Wildman–Crippen LogP) is 6.75. The molecule has 0 bridgehead atoms. The van der Waals surface area contributed by atoms with Crippen LogP contribution in [0.25, 0.3) is 22.0 Å². The lowest BCUT2D eigenvalue weighted by Crippen LogP contribution is -2.36. The SMILES string of the molecule is CCc1cc(-c2cc(F)c(NS(=O)(=O)c3ccccc3Cl)cc2OC)cc2cnc(N[C@H]3CC[C@H](N(C)C)CC3)nc12. The van der Waals surface area contributed by atoms with Crippen LogP contribution in [-0.2, 0) is 16.4 Å². The Morgan fingerprint density at radius 2 is 1.83 bits per heavy atom. The van der Waals surface area contributed by atoms with Gasteiger partial charge in [0.1, 0.15) is 16.5 Å². The fourth-order valence-electron chi connectivity index (χ4n) is 5.52. The number of nitrogens with zero attached hydrogens (tertiary/aromatic N) is 3. The van der Waals surface area contributed by atoms with Gasteiger partial charge in [0, 0.05) is 35.3 Å². The van der Waals surface area contributed by atoms with Crippen LogP contribution in [0.2, 0.25) is 5.02 Å². The van der Waals surface area contributed by atoms with E-state index in [2.05, 4.69) is 34.0 Å². The largest absolute Gasteiger partial charge is 0.496 e. The Morgan fingerprint density at radius 3 is 2.50 bits per heavy atom. The van der Waals surface area contributed by atoms with Crippen LogP contribution in [0.15, 0.2) is 59.6 Å². The molecule has 42 heavy (non-hydrogen) atoms. The van der Waals surface area contributed by atoms with Gasteiger partial charge in [0.2, 0.25) is 5.95 Å². The predicted molar refractivity (Wildman–Crippen MR) is 166 cm³/mol. The zero-order valence-electron chi connectivity index (χ0n) is 24.1. The number of sulfonamides is 1. The number of nitrogens with one attached hydrogen (secondary N) is 2. The van der Waals surface area contributed by atoms with Crippen LogP contribution in [0.3, 0.4) is 0 Å². The zero-order valence-corrected chi connectivity index (χ0v) is 25.7. The minimum Gasteiger partial charge on any atom is -0.496 e. The fourth-order valence-corrected chi connectivity index (χ4v) is 7.10. The second kappa shape index (κ2) is 12.4. The number of fused-ring (bicyclic) bond motifs is 1. The van der Waals surface area contributed by atoms with E-state index in [0.717, 1.165) is 42.1 Å². The first kappa shape index (κ1) is 30.0. The van der Waals surface area contributed by atoms with Crippen LogP contribution in [0.1, 0.15) is 38.2 Å². The fraction of sp³-hybridized carbons (Fsp3) is 0.355. The molecule has 0 spiro atoms. The summed E-state index contributed by atoms with van der Waals surface area (Å²) >= 11 is 6.08. The Kier molecular flexibility index (Phi) is 8.86. The van der Waals surface area contributed by atoms with E-state index in [1.54, 1.807) is 18.3 Å². The highest BCUT2D eigenvalue weighted by Crippen LogP contribution is 2.38. The van der Waals surface area contributed by atoms with Crippen molar-refractivity contribution in [3.05, 3.63) is 71.1 Å². The van der Waals surface area contributed by atoms with Gasteiger partial charge in [0.05, 0.1) is 23.3 Å². The van der Waals surface area contributed by atoms with E-state index in [0.29, 0.717) is 41.3 Å². The number of rotatable bonds is 9. The second-order valence-corrected chi connectivity index (χ2v) is 12.9. The summed E-state index contributed by atoms with van der Waals surface area (Å²) in [6.07, 6.45) is 6.91. The molecule has 1 aliphatic rings. The number of anilines is 2. The Hall–Kier alpha value is -3.47. The third-order valence-corrected chi connectivity index (χ3v) is 9.74. The minimum atomic E-state index is -4.13. The highest BCUT2D eigenvalue weighted by atomic mass is 35.5. The molecule has 0 amide bonds. The minimum absolute atomic E-state index is 0.0366. The highest BCUT2D eigenvalue weighted by Gasteiger charge is 2.24. The molecular weight excluding hydrogens is 577 g/mol. The van der Waals surface area contributed by atoms with Crippen LogP contribution < -0.4 is 14.8 Å². The van der Waals surface area contributed by atoms with Crippen molar-refractivity contribution in [2.24, 2.45) is 0 Å². The molecule has 0 unspecified atom stereocenters. The molecule has 0 radical (unpaired) electrons. The van der Waals surface area contributed by atoms with Gasteiger partial charge in [-0.15, -0.1) is 0 Å². The molecule has 2 N–H and O–H groups in total. The molecular formula is C31H35ClFN5O3S. The van der Waals surface area contributed by atoms with Crippen LogP contribution in [0.4, 0.5) is 16.0 Å². The monoisotopic (exact) mass is 611 g/mol. The smallest absolute Gasteiger partial charge is 0.263 e. The first-order chi connectivity index (χ1) is 20.1. The maximum absolute atomic E-state index is 15.4. The molecule has 5 rings (SSSR count). The number of benzene rings is 3. The van der Waals surface area contributed by atoms with Crippen LogP contribution in [-0.4, -0.2) is 56.6 Å². The molecule has 1 saturated carbocycles. The third-order valence-electron chi connectivity index (χ3n) is 7.87. The Labute approximate surface area is 251 Å². The number of methoxy groups -OCH3 is 1. The number of aromatic nitrogens is 2. The van der Waals surface area contributed by atoms with Crippen molar-refractivity contribution in [1.82, 2.24) is 14.9 Å². The molecule has 11 heteroatoms. The van der Waals surface area contributed by atoms with Crippen molar-refractivity contribution in [3.8, 4) is 16.9 Å². The summed E-state index contributed by atoms with van der Waals surface area (Å²) in [6, 6.07) is 13.4. The first-order valence-electron chi connectivity index (χ1n) is 14.0. The van der Waals surface area contributed by atoms with Gasteiger partial charge >= 0.3 is 0 Å². The van der Waals surface area contributed by atoms with E-state index in [4.69, 9.17) is 21.3 Å². The molecule has 1 aromatic heterocycles. The van der Waals surface area contributed by atoms with E-state index < -0.39 is 15.8 Å². The lowest BCUT2D eigenvalue weighted by Gasteiger charge is -2.33.